The van der Waals surface area contributed by atoms with Gasteiger partial charge in [-0.15, -0.1) is 11.3 Å². The van der Waals surface area contributed by atoms with Crippen LogP contribution in [0.3, 0.4) is 0 Å². The first-order valence-electron chi connectivity index (χ1n) is 7.06. The predicted molar refractivity (Wildman–Crippen MR) is 87.0 cm³/mol. The molecule has 0 bridgehead atoms. The zero-order valence-corrected chi connectivity index (χ0v) is 14.5. The molecule has 4 nitrogen and oxygen atoms in total. The van der Waals surface area contributed by atoms with Gasteiger partial charge in [0.2, 0.25) is 5.91 Å². The highest BCUT2D eigenvalue weighted by atomic mass is 79.9. The molecule has 0 radical (unpaired) electrons. The van der Waals surface area contributed by atoms with Gasteiger partial charge in [-0.3, -0.25) is 9.69 Å². The fourth-order valence-electron chi connectivity index (χ4n) is 2.45. The molecule has 6 heteroatoms. The van der Waals surface area contributed by atoms with E-state index in [1.807, 2.05) is 17.9 Å². The number of rotatable bonds is 5. The minimum atomic E-state index is 0.228. The fourth-order valence-corrected chi connectivity index (χ4v) is 3.95. The summed E-state index contributed by atoms with van der Waals surface area (Å²) < 4.78 is 1.12. The molecule has 2 heterocycles. The molecule has 1 aromatic heterocycles. The van der Waals surface area contributed by atoms with Gasteiger partial charge >= 0.3 is 0 Å². The van der Waals surface area contributed by atoms with Crippen LogP contribution in [0.2, 0.25) is 0 Å². The predicted octanol–water partition coefficient (Wildman–Crippen LogP) is 2.15. The molecule has 2 rings (SSSR count). The molecule has 20 heavy (non-hydrogen) atoms. The summed E-state index contributed by atoms with van der Waals surface area (Å²) in [4.78, 5) is 17.8. The number of piperazine rings is 1. The molecular weight excluding hydrogens is 338 g/mol. The summed E-state index contributed by atoms with van der Waals surface area (Å²) in [7, 11) is 0. The second-order valence-corrected chi connectivity index (χ2v) is 7.75. The van der Waals surface area contributed by atoms with Crippen molar-refractivity contribution in [2.45, 2.75) is 26.4 Å². The molecule has 0 saturated carbocycles. The monoisotopic (exact) mass is 359 g/mol. The average Bonchev–Trinajstić information content (AvgIpc) is 2.81. The molecule has 1 atom stereocenters. The number of halogens is 1. The molecular formula is C14H22BrN3OS. The largest absolute Gasteiger partial charge is 0.337 e. The van der Waals surface area contributed by atoms with E-state index in [-0.39, 0.29) is 5.91 Å². The number of amides is 1. The average molecular weight is 360 g/mol. The van der Waals surface area contributed by atoms with Crippen molar-refractivity contribution in [1.82, 2.24) is 15.1 Å². The van der Waals surface area contributed by atoms with E-state index in [4.69, 9.17) is 0 Å². The van der Waals surface area contributed by atoms with Crippen molar-refractivity contribution in [2.24, 2.45) is 0 Å². The number of nitrogens with one attached hydrogen (secondary N) is 1. The lowest BCUT2D eigenvalue weighted by molar-refractivity contribution is -0.133. The van der Waals surface area contributed by atoms with Crippen molar-refractivity contribution >= 4 is 33.2 Å². The van der Waals surface area contributed by atoms with Gasteiger partial charge in [0.05, 0.1) is 16.9 Å². The first-order valence-corrected chi connectivity index (χ1v) is 8.67. The molecule has 1 amide bonds. The molecule has 0 aliphatic carbocycles. The van der Waals surface area contributed by atoms with Gasteiger partial charge in [-0.05, 0) is 41.9 Å². The van der Waals surface area contributed by atoms with Crippen LogP contribution in [-0.4, -0.2) is 54.5 Å². The van der Waals surface area contributed by atoms with Gasteiger partial charge in [0.25, 0.3) is 0 Å². The lowest BCUT2D eigenvalue weighted by Crippen LogP contribution is -2.52. The molecule has 1 aliphatic rings. The van der Waals surface area contributed by atoms with Crippen molar-refractivity contribution in [3.05, 3.63) is 20.8 Å². The minimum Gasteiger partial charge on any atom is -0.337 e. The topological polar surface area (TPSA) is 35.6 Å². The van der Waals surface area contributed by atoms with E-state index < -0.39 is 0 Å². The molecule has 1 unspecified atom stereocenters. The van der Waals surface area contributed by atoms with Gasteiger partial charge in [-0.2, -0.15) is 0 Å². The fraction of sp³-hybridized carbons (Fsp3) is 0.643. The van der Waals surface area contributed by atoms with E-state index in [0.29, 0.717) is 19.1 Å². The molecule has 1 aromatic rings. The lowest BCUT2D eigenvalue weighted by atomic mass is 10.2. The first kappa shape index (κ1) is 15.9. The van der Waals surface area contributed by atoms with Crippen molar-refractivity contribution in [3.8, 4) is 0 Å². The summed E-state index contributed by atoms with van der Waals surface area (Å²) in [6.45, 7) is 9.10. The van der Waals surface area contributed by atoms with E-state index in [1.165, 1.54) is 4.88 Å². The Morgan fingerprint density at radius 1 is 1.60 bits per heavy atom. The summed E-state index contributed by atoms with van der Waals surface area (Å²) in [5.74, 6) is 0.228. The number of carbonyl (C=O) groups is 1. The Bertz CT molecular complexity index is 451. The normalized spacial score (nSPS) is 20.1. The maximum Gasteiger partial charge on any atom is 0.237 e. The van der Waals surface area contributed by atoms with E-state index in [2.05, 4.69) is 39.1 Å². The van der Waals surface area contributed by atoms with Crippen LogP contribution >= 0.6 is 27.3 Å². The second-order valence-electron chi connectivity index (χ2n) is 5.20. The molecule has 0 aromatic carbocycles. The Labute approximate surface area is 133 Å². The number of thiophene rings is 1. The zero-order chi connectivity index (χ0) is 14.5. The number of carbonyl (C=O) groups excluding carboxylic acids is 1. The van der Waals surface area contributed by atoms with Crippen LogP contribution < -0.4 is 5.32 Å². The number of nitrogens with zero attached hydrogens (tertiary/aromatic N) is 2. The molecule has 1 saturated heterocycles. The number of hydrogen-bond acceptors (Lipinski definition) is 4. The van der Waals surface area contributed by atoms with Crippen LogP contribution in [0.25, 0.3) is 0 Å². The quantitative estimate of drug-likeness (QED) is 0.874. The SMILES string of the molecule is CCN(Cc1ccc(Br)s1)C(=O)CN1CCNC(C)C1. The third-order valence-corrected chi connectivity index (χ3v) is 5.13. The highest BCUT2D eigenvalue weighted by molar-refractivity contribution is 9.11. The van der Waals surface area contributed by atoms with Crippen LogP contribution in [0.15, 0.2) is 15.9 Å². The van der Waals surface area contributed by atoms with Crippen molar-refractivity contribution in [2.75, 3.05) is 32.7 Å². The smallest absolute Gasteiger partial charge is 0.237 e. The van der Waals surface area contributed by atoms with E-state index in [1.54, 1.807) is 11.3 Å². The summed E-state index contributed by atoms with van der Waals surface area (Å²) in [5.41, 5.74) is 0. The van der Waals surface area contributed by atoms with Crippen LogP contribution in [0.1, 0.15) is 18.7 Å². The Morgan fingerprint density at radius 3 is 3.00 bits per heavy atom. The van der Waals surface area contributed by atoms with Gasteiger partial charge in [0.1, 0.15) is 0 Å². The molecule has 0 spiro atoms. The number of likely N-dealkylation sites (N-methyl/N-ethyl adjacent to an activating group) is 1. The van der Waals surface area contributed by atoms with Crippen molar-refractivity contribution in [1.29, 1.82) is 0 Å². The summed E-state index contributed by atoms with van der Waals surface area (Å²) in [6.07, 6.45) is 0. The van der Waals surface area contributed by atoms with Crippen molar-refractivity contribution < 1.29 is 4.79 Å². The van der Waals surface area contributed by atoms with Gasteiger partial charge in [-0.25, -0.2) is 0 Å². The number of hydrogen-bond donors (Lipinski definition) is 1. The summed E-state index contributed by atoms with van der Waals surface area (Å²) in [5, 5.41) is 3.40. The standard InChI is InChI=1S/C14H22BrN3OS/c1-3-18(9-12-4-5-13(15)20-12)14(19)10-17-7-6-16-11(2)8-17/h4-5,11,16H,3,6-10H2,1-2H3. The second kappa shape index (κ2) is 7.54. The summed E-state index contributed by atoms with van der Waals surface area (Å²) in [6, 6.07) is 4.59. The van der Waals surface area contributed by atoms with Gasteiger partial charge in [0, 0.05) is 37.1 Å². The van der Waals surface area contributed by atoms with E-state index in [9.17, 15) is 4.79 Å². The first-order chi connectivity index (χ1) is 9.58. The molecule has 1 aliphatic heterocycles. The van der Waals surface area contributed by atoms with Gasteiger partial charge in [0.15, 0.2) is 0 Å². The Hall–Kier alpha value is -0.430. The highest BCUT2D eigenvalue weighted by Crippen LogP contribution is 2.23. The third-order valence-electron chi connectivity index (χ3n) is 3.52. The van der Waals surface area contributed by atoms with E-state index in [0.717, 1.165) is 30.0 Å². The third kappa shape index (κ3) is 4.55. The lowest BCUT2D eigenvalue weighted by Gasteiger charge is -2.32. The van der Waals surface area contributed by atoms with E-state index >= 15 is 0 Å². The molecule has 112 valence electrons. The van der Waals surface area contributed by atoms with Crippen LogP contribution in [0.4, 0.5) is 0 Å². The van der Waals surface area contributed by atoms with Crippen LogP contribution in [0, 0.1) is 0 Å². The molecule has 1 N–H and O–H groups in total. The Balaban J connectivity index is 1.88. The van der Waals surface area contributed by atoms with Gasteiger partial charge < -0.3 is 10.2 Å². The highest BCUT2D eigenvalue weighted by Gasteiger charge is 2.21. The molecule has 1 fully saturated rings. The Morgan fingerprint density at radius 2 is 2.40 bits per heavy atom. The maximum atomic E-state index is 12.4. The minimum absolute atomic E-state index is 0.228. The van der Waals surface area contributed by atoms with Crippen LogP contribution in [-0.2, 0) is 11.3 Å². The Kier molecular flexibility index (Phi) is 6.01. The maximum absolute atomic E-state index is 12.4. The van der Waals surface area contributed by atoms with Gasteiger partial charge in [-0.1, -0.05) is 0 Å². The summed E-state index contributed by atoms with van der Waals surface area (Å²) >= 11 is 5.16. The zero-order valence-electron chi connectivity index (χ0n) is 12.1. The van der Waals surface area contributed by atoms with Crippen molar-refractivity contribution in [3.63, 3.8) is 0 Å². The van der Waals surface area contributed by atoms with Crippen LogP contribution in [0.5, 0.6) is 0 Å².